The van der Waals surface area contributed by atoms with Crippen molar-refractivity contribution >= 4 is 44.9 Å². The van der Waals surface area contributed by atoms with Gasteiger partial charge in [0.25, 0.3) is 0 Å². The Balaban J connectivity index is 3.20. The topological polar surface area (TPSA) is 17.1 Å². The lowest BCUT2D eigenvalue weighted by atomic mass is 9.81. The van der Waals surface area contributed by atoms with Gasteiger partial charge >= 0.3 is 0 Å². The Morgan fingerprint density at radius 2 is 1.73 bits per heavy atom. The maximum Gasteiger partial charge on any atom is 0.153 e. The summed E-state index contributed by atoms with van der Waals surface area (Å²) in [7, 11) is 0. The Morgan fingerprint density at radius 1 is 1.27 bits per heavy atom. The van der Waals surface area contributed by atoms with Crippen LogP contribution < -0.4 is 0 Å². The summed E-state index contributed by atoms with van der Waals surface area (Å²) < 4.78 is 0. The summed E-state index contributed by atoms with van der Waals surface area (Å²) >= 11 is 15.0. The van der Waals surface area contributed by atoms with E-state index in [0.29, 0.717) is 15.4 Å². The summed E-state index contributed by atoms with van der Waals surface area (Å²) in [6.45, 7) is 3.72. The van der Waals surface area contributed by atoms with Gasteiger partial charge < -0.3 is 0 Å². The number of hydrogen-bond acceptors (Lipinski definition) is 1. The first-order valence-electron chi connectivity index (χ1n) is 4.43. The standard InChI is InChI=1S/C11H11BrCl2O/c1-11(2,10(15)6-12)7-3-8(13)5-9(14)4-7/h3-5H,6H2,1-2H3. The Labute approximate surface area is 108 Å². The van der Waals surface area contributed by atoms with E-state index >= 15 is 0 Å². The second-order valence-electron chi connectivity index (χ2n) is 3.84. The summed E-state index contributed by atoms with van der Waals surface area (Å²) in [4.78, 5) is 11.7. The minimum Gasteiger partial charge on any atom is -0.298 e. The molecule has 0 radical (unpaired) electrons. The fraction of sp³-hybridized carbons (Fsp3) is 0.364. The monoisotopic (exact) mass is 308 g/mol. The molecule has 0 heterocycles. The van der Waals surface area contributed by atoms with Crippen LogP contribution in [0.25, 0.3) is 0 Å². The first-order valence-corrected chi connectivity index (χ1v) is 6.31. The van der Waals surface area contributed by atoms with Gasteiger partial charge in [0.2, 0.25) is 0 Å². The Bertz CT molecular complexity index is 368. The molecule has 1 aromatic carbocycles. The lowest BCUT2D eigenvalue weighted by Gasteiger charge is -2.23. The molecule has 0 atom stereocenters. The van der Waals surface area contributed by atoms with Crippen LogP contribution in [0.1, 0.15) is 19.4 Å². The summed E-state index contributed by atoms with van der Waals surface area (Å²) in [6, 6.07) is 5.20. The number of alkyl halides is 1. The van der Waals surface area contributed by atoms with Crippen LogP contribution in [0.15, 0.2) is 18.2 Å². The van der Waals surface area contributed by atoms with Gasteiger partial charge in [-0.2, -0.15) is 0 Å². The zero-order valence-electron chi connectivity index (χ0n) is 8.48. The highest BCUT2D eigenvalue weighted by atomic mass is 79.9. The molecule has 82 valence electrons. The van der Waals surface area contributed by atoms with Crippen molar-refractivity contribution in [2.75, 3.05) is 5.33 Å². The summed E-state index contributed by atoms with van der Waals surface area (Å²) in [5, 5.41) is 1.42. The molecule has 0 saturated carbocycles. The van der Waals surface area contributed by atoms with Crippen LogP contribution in [-0.2, 0) is 10.2 Å². The van der Waals surface area contributed by atoms with E-state index in [1.165, 1.54) is 0 Å². The molecule has 1 nitrogen and oxygen atoms in total. The van der Waals surface area contributed by atoms with Crippen molar-refractivity contribution in [2.45, 2.75) is 19.3 Å². The van der Waals surface area contributed by atoms with Crippen molar-refractivity contribution < 1.29 is 4.79 Å². The van der Waals surface area contributed by atoms with Crippen LogP contribution in [0.5, 0.6) is 0 Å². The number of Topliss-reactive ketones (excluding diaryl/α,β-unsaturated/α-hetero) is 1. The number of hydrogen-bond donors (Lipinski definition) is 0. The van der Waals surface area contributed by atoms with E-state index < -0.39 is 5.41 Å². The lowest BCUT2D eigenvalue weighted by Crippen LogP contribution is -2.29. The molecule has 0 saturated heterocycles. The SMILES string of the molecule is CC(C)(C(=O)CBr)c1cc(Cl)cc(Cl)c1. The molecular formula is C11H11BrCl2O. The second kappa shape index (κ2) is 4.86. The lowest BCUT2D eigenvalue weighted by molar-refractivity contribution is -0.120. The average molecular weight is 310 g/mol. The van der Waals surface area contributed by atoms with Gasteiger partial charge in [0.15, 0.2) is 5.78 Å². The fourth-order valence-electron chi connectivity index (χ4n) is 1.24. The molecule has 0 N–H and O–H groups in total. The molecule has 0 unspecified atom stereocenters. The normalized spacial score (nSPS) is 11.5. The number of rotatable bonds is 3. The number of benzene rings is 1. The Morgan fingerprint density at radius 3 is 2.13 bits per heavy atom. The molecule has 0 aromatic heterocycles. The van der Waals surface area contributed by atoms with Crippen LogP contribution in [0.3, 0.4) is 0 Å². The van der Waals surface area contributed by atoms with Crippen molar-refractivity contribution in [3.05, 3.63) is 33.8 Å². The third kappa shape index (κ3) is 2.96. The highest BCUT2D eigenvalue weighted by molar-refractivity contribution is 9.09. The van der Waals surface area contributed by atoms with Crippen molar-refractivity contribution in [3.63, 3.8) is 0 Å². The van der Waals surface area contributed by atoms with Gasteiger partial charge in [-0.1, -0.05) is 39.1 Å². The highest BCUT2D eigenvalue weighted by Crippen LogP contribution is 2.30. The minimum absolute atomic E-state index is 0.0980. The van der Waals surface area contributed by atoms with E-state index in [4.69, 9.17) is 23.2 Å². The molecule has 0 aliphatic heterocycles. The third-order valence-electron chi connectivity index (χ3n) is 2.40. The highest BCUT2D eigenvalue weighted by Gasteiger charge is 2.28. The van der Waals surface area contributed by atoms with Crippen LogP contribution >= 0.6 is 39.1 Å². The van der Waals surface area contributed by atoms with Gasteiger partial charge in [0.1, 0.15) is 0 Å². The second-order valence-corrected chi connectivity index (χ2v) is 5.27. The fourth-order valence-corrected chi connectivity index (χ4v) is 2.47. The zero-order valence-corrected chi connectivity index (χ0v) is 11.6. The number of halogens is 3. The number of carbonyl (C=O) groups excluding carboxylic acids is 1. The minimum atomic E-state index is -0.571. The largest absolute Gasteiger partial charge is 0.298 e. The van der Waals surface area contributed by atoms with Crippen LogP contribution in [-0.4, -0.2) is 11.1 Å². The van der Waals surface area contributed by atoms with Gasteiger partial charge in [-0.25, -0.2) is 0 Å². The third-order valence-corrected chi connectivity index (χ3v) is 3.35. The predicted molar refractivity (Wildman–Crippen MR) is 68.3 cm³/mol. The first kappa shape index (κ1) is 13.0. The van der Waals surface area contributed by atoms with E-state index in [1.54, 1.807) is 18.2 Å². The molecular weight excluding hydrogens is 299 g/mol. The molecule has 0 fully saturated rings. The predicted octanol–water partition coefficient (Wildman–Crippen LogP) is 4.24. The van der Waals surface area contributed by atoms with Gasteiger partial charge in [-0.3, -0.25) is 4.79 Å². The molecule has 0 bridgehead atoms. The maximum absolute atomic E-state index is 11.7. The number of carbonyl (C=O) groups is 1. The molecule has 0 amide bonds. The smallest absolute Gasteiger partial charge is 0.153 e. The average Bonchev–Trinajstić information content (AvgIpc) is 2.15. The zero-order chi connectivity index (χ0) is 11.6. The van der Waals surface area contributed by atoms with Crippen molar-refractivity contribution in [3.8, 4) is 0 Å². The van der Waals surface area contributed by atoms with E-state index in [2.05, 4.69) is 15.9 Å². The van der Waals surface area contributed by atoms with Crippen LogP contribution in [0.4, 0.5) is 0 Å². The van der Waals surface area contributed by atoms with Crippen LogP contribution in [0.2, 0.25) is 10.0 Å². The van der Waals surface area contributed by atoms with Gasteiger partial charge in [0, 0.05) is 15.5 Å². The molecule has 4 heteroatoms. The molecule has 0 spiro atoms. The van der Waals surface area contributed by atoms with Gasteiger partial charge in [0.05, 0.1) is 5.33 Å². The Hall–Kier alpha value is -0.0500. The maximum atomic E-state index is 11.7. The van der Waals surface area contributed by atoms with Crippen molar-refractivity contribution in [1.29, 1.82) is 0 Å². The van der Waals surface area contributed by atoms with Crippen molar-refractivity contribution in [1.82, 2.24) is 0 Å². The van der Waals surface area contributed by atoms with E-state index in [0.717, 1.165) is 5.56 Å². The van der Waals surface area contributed by atoms with Crippen LogP contribution in [0, 0.1) is 0 Å². The summed E-state index contributed by atoms with van der Waals surface area (Å²) in [6.07, 6.45) is 0. The van der Waals surface area contributed by atoms with Crippen molar-refractivity contribution in [2.24, 2.45) is 0 Å². The van der Waals surface area contributed by atoms with E-state index in [-0.39, 0.29) is 5.78 Å². The Kier molecular flexibility index (Phi) is 4.21. The summed E-state index contributed by atoms with van der Waals surface area (Å²) in [5.74, 6) is 0.0980. The van der Waals surface area contributed by atoms with Gasteiger partial charge in [-0.15, -0.1) is 0 Å². The molecule has 0 aliphatic carbocycles. The van der Waals surface area contributed by atoms with Gasteiger partial charge in [-0.05, 0) is 37.6 Å². The molecule has 0 aliphatic rings. The molecule has 1 rings (SSSR count). The number of ketones is 1. The summed E-state index contributed by atoms with van der Waals surface area (Å²) in [5.41, 5.74) is 0.266. The van der Waals surface area contributed by atoms with E-state index in [1.807, 2.05) is 13.8 Å². The first-order chi connectivity index (χ1) is 6.87. The molecule has 15 heavy (non-hydrogen) atoms. The molecule has 1 aromatic rings. The quantitative estimate of drug-likeness (QED) is 0.763. The van der Waals surface area contributed by atoms with E-state index in [9.17, 15) is 4.79 Å².